The fourth-order valence-electron chi connectivity index (χ4n) is 2.87. The molecule has 0 spiro atoms. The molecule has 0 radical (unpaired) electrons. The highest BCUT2D eigenvalue weighted by Crippen LogP contribution is 2.37. The van der Waals surface area contributed by atoms with Crippen molar-refractivity contribution in [2.45, 2.75) is 20.8 Å². The molecule has 1 saturated heterocycles. The van der Waals surface area contributed by atoms with Gasteiger partial charge in [0.2, 0.25) is 5.91 Å². The largest absolute Gasteiger partial charge is 0.493 e. The summed E-state index contributed by atoms with van der Waals surface area (Å²) < 4.78 is 10.6. The number of nitrogens with zero attached hydrogens (tertiary/aromatic N) is 2. The van der Waals surface area contributed by atoms with Crippen molar-refractivity contribution in [3.8, 4) is 11.5 Å². The third-order valence-corrected chi connectivity index (χ3v) is 5.48. The second-order valence-electron chi connectivity index (χ2n) is 6.55. The summed E-state index contributed by atoms with van der Waals surface area (Å²) in [6, 6.07) is 11.1. The first kappa shape index (κ1) is 20.7. The Balaban J connectivity index is 2.04. The van der Waals surface area contributed by atoms with Gasteiger partial charge < -0.3 is 9.47 Å². The smallest absolute Gasteiger partial charge is 0.271 e. The van der Waals surface area contributed by atoms with Gasteiger partial charge in [-0.15, -0.1) is 0 Å². The summed E-state index contributed by atoms with van der Waals surface area (Å²) in [7, 11) is 3.13. The second-order valence-corrected chi connectivity index (χ2v) is 7.56. The zero-order valence-electron chi connectivity index (χ0n) is 17.0. The van der Waals surface area contributed by atoms with Crippen LogP contribution in [0.5, 0.6) is 11.5 Å². The van der Waals surface area contributed by atoms with Crippen molar-refractivity contribution < 1.29 is 19.1 Å². The zero-order valence-corrected chi connectivity index (χ0v) is 17.8. The molecule has 2 aromatic carbocycles. The van der Waals surface area contributed by atoms with Gasteiger partial charge in [-0.3, -0.25) is 14.5 Å². The van der Waals surface area contributed by atoms with Crippen LogP contribution in [0.4, 0.5) is 5.69 Å². The van der Waals surface area contributed by atoms with Crippen molar-refractivity contribution in [2.24, 2.45) is 4.99 Å². The van der Waals surface area contributed by atoms with Crippen LogP contribution in [-0.2, 0) is 9.59 Å². The summed E-state index contributed by atoms with van der Waals surface area (Å²) in [6.45, 7) is 5.36. The van der Waals surface area contributed by atoms with Crippen LogP contribution in [0.3, 0.4) is 0 Å². The number of anilines is 1. The maximum atomic E-state index is 13.2. The number of thioether (sulfide) groups is 1. The molecule has 6 nitrogen and oxygen atoms in total. The summed E-state index contributed by atoms with van der Waals surface area (Å²) in [4.78, 5) is 30.8. The maximum absolute atomic E-state index is 13.2. The molecular weight excluding hydrogens is 388 g/mol. The topological polar surface area (TPSA) is 68.2 Å². The third-order valence-electron chi connectivity index (χ3n) is 4.51. The number of aliphatic imine (C=N–C) groups is 1. The van der Waals surface area contributed by atoms with Crippen LogP contribution in [0.1, 0.15) is 23.6 Å². The Labute approximate surface area is 174 Å². The van der Waals surface area contributed by atoms with Crippen LogP contribution in [0.25, 0.3) is 6.08 Å². The van der Waals surface area contributed by atoms with E-state index in [1.807, 2.05) is 38.1 Å². The molecule has 0 aromatic heterocycles. The average molecular weight is 410 g/mol. The lowest BCUT2D eigenvalue weighted by atomic mass is 10.1. The Hall–Kier alpha value is -3.06. The SMILES string of the molecule is COc1ccc(/C=C2\SC(=NC(C)=O)N(c3ccc(C)c(C)c3)C2=O)cc1OC. The van der Waals surface area contributed by atoms with E-state index in [-0.39, 0.29) is 11.8 Å². The van der Waals surface area contributed by atoms with E-state index in [4.69, 9.17) is 9.47 Å². The lowest BCUT2D eigenvalue weighted by Crippen LogP contribution is -2.29. The van der Waals surface area contributed by atoms with Gasteiger partial charge in [0, 0.05) is 6.92 Å². The van der Waals surface area contributed by atoms with Crippen molar-refractivity contribution in [1.82, 2.24) is 0 Å². The molecule has 1 aliphatic heterocycles. The van der Waals surface area contributed by atoms with Gasteiger partial charge in [0.05, 0.1) is 24.8 Å². The van der Waals surface area contributed by atoms with Crippen LogP contribution in [0.15, 0.2) is 46.3 Å². The van der Waals surface area contributed by atoms with Crippen molar-refractivity contribution in [3.05, 3.63) is 58.0 Å². The first-order valence-corrected chi connectivity index (χ1v) is 9.78. The molecule has 2 aromatic rings. The van der Waals surface area contributed by atoms with Gasteiger partial charge in [0.1, 0.15) is 0 Å². The predicted octanol–water partition coefficient (Wildman–Crippen LogP) is 4.34. The number of benzene rings is 2. The number of ether oxygens (including phenoxy) is 2. The highest BCUT2D eigenvalue weighted by Gasteiger charge is 2.35. The van der Waals surface area contributed by atoms with Crippen LogP contribution in [-0.4, -0.2) is 31.2 Å². The number of rotatable bonds is 4. The van der Waals surface area contributed by atoms with E-state index < -0.39 is 0 Å². The minimum absolute atomic E-state index is 0.229. The summed E-state index contributed by atoms with van der Waals surface area (Å²) in [6.07, 6.45) is 1.76. The van der Waals surface area contributed by atoms with Gasteiger partial charge in [-0.25, -0.2) is 0 Å². The van der Waals surface area contributed by atoms with Crippen LogP contribution < -0.4 is 14.4 Å². The number of amides is 2. The molecule has 3 rings (SSSR count). The minimum Gasteiger partial charge on any atom is -0.493 e. The molecule has 0 atom stereocenters. The van der Waals surface area contributed by atoms with E-state index in [1.54, 1.807) is 32.4 Å². The number of aryl methyl sites for hydroxylation is 2. The van der Waals surface area contributed by atoms with Crippen LogP contribution in [0, 0.1) is 13.8 Å². The first-order valence-electron chi connectivity index (χ1n) is 8.96. The molecule has 0 aliphatic carbocycles. The Morgan fingerprint density at radius 1 is 1.03 bits per heavy atom. The summed E-state index contributed by atoms with van der Waals surface area (Å²) >= 11 is 1.17. The Morgan fingerprint density at radius 3 is 2.38 bits per heavy atom. The fourth-order valence-corrected chi connectivity index (χ4v) is 3.89. The van der Waals surface area contributed by atoms with Gasteiger partial charge in [-0.1, -0.05) is 12.1 Å². The van der Waals surface area contributed by atoms with Gasteiger partial charge in [-0.2, -0.15) is 4.99 Å². The lowest BCUT2D eigenvalue weighted by molar-refractivity contribution is -0.115. The highest BCUT2D eigenvalue weighted by molar-refractivity contribution is 8.19. The molecule has 1 aliphatic rings. The summed E-state index contributed by atoms with van der Waals surface area (Å²) in [5, 5.41) is 0.345. The molecule has 150 valence electrons. The van der Waals surface area contributed by atoms with Gasteiger partial charge >= 0.3 is 0 Å². The Bertz CT molecular complexity index is 1040. The van der Waals surface area contributed by atoms with E-state index in [2.05, 4.69) is 4.99 Å². The number of carbonyl (C=O) groups excluding carboxylic acids is 2. The second kappa shape index (κ2) is 8.53. The Morgan fingerprint density at radius 2 is 1.76 bits per heavy atom. The minimum atomic E-state index is -0.360. The normalized spacial score (nSPS) is 16.6. The van der Waals surface area contributed by atoms with E-state index >= 15 is 0 Å². The molecule has 0 bridgehead atoms. The molecule has 29 heavy (non-hydrogen) atoms. The fraction of sp³-hybridized carbons (Fsp3) is 0.227. The summed E-state index contributed by atoms with van der Waals surface area (Å²) in [5.74, 6) is 0.589. The standard InChI is InChI=1S/C22H22N2O4S/c1-13-6-8-17(10-14(13)2)24-21(26)20(29-22(24)23-15(3)25)12-16-7-9-18(27-4)19(11-16)28-5/h6-12H,1-5H3/b20-12-,23-22?. The van der Waals surface area contributed by atoms with Gasteiger partial charge in [0.25, 0.3) is 5.91 Å². The lowest BCUT2D eigenvalue weighted by Gasteiger charge is -2.16. The van der Waals surface area contributed by atoms with Crippen molar-refractivity contribution in [2.75, 3.05) is 19.1 Å². The number of methoxy groups -OCH3 is 2. The molecule has 2 amide bonds. The molecule has 7 heteroatoms. The number of amidine groups is 1. The maximum Gasteiger partial charge on any atom is 0.271 e. The monoisotopic (exact) mass is 410 g/mol. The van der Waals surface area contributed by atoms with Crippen molar-refractivity contribution in [1.29, 1.82) is 0 Å². The molecule has 1 fully saturated rings. The van der Waals surface area contributed by atoms with E-state index in [1.165, 1.54) is 23.6 Å². The zero-order chi connectivity index (χ0) is 21.1. The summed E-state index contributed by atoms with van der Waals surface area (Å²) in [5.41, 5.74) is 3.64. The molecule has 0 saturated carbocycles. The molecular formula is C22H22N2O4S. The molecule has 0 N–H and O–H groups in total. The Kier molecular flexibility index (Phi) is 6.08. The number of hydrogen-bond acceptors (Lipinski definition) is 5. The predicted molar refractivity (Wildman–Crippen MR) is 117 cm³/mol. The van der Waals surface area contributed by atoms with E-state index in [0.717, 1.165) is 16.7 Å². The highest BCUT2D eigenvalue weighted by atomic mass is 32.2. The van der Waals surface area contributed by atoms with E-state index in [9.17, 15) is 9.59 Å². The number of carbonyl (C=O) groups is 2. The van der Waals surface area contributed by atoms with Crippen LogP contribution in [0.2, 0.25) is 0 Å². The van der Waals surface area contributed by atoms with Crippen molar-refractivity contribution in [3.63, 3.8) is 0 Å². The van der Waals surface area contributed by atoms with Crippen LogP contribution >= 0.6 is 11.8 Å². The first-order chi connectivity index (χ1) is 13.8. The van der Waals surface area contributed by atoms with E-state index in [0.29, 0.717) is 27.3 Å². The van der Waals surface area contributed by atoms with Crippen molar-refractivity contribution >= 4 is 40.5 Å². The molecule has 0 unspecified atom stereocenters. The average Bonchev–Trinajstić information content (AvgIpc) is 2.98. The van der Waals surface area contributed by atoms with Gasteiger partial charge in [0.15, 0.2) is 16.7 Å². The molecule has 1 heterocycles. The number of hydrogen-bond donors (Lipinski definition) is 0. The quantitative estimate of drug-likeness (QED) is 0.701. The van der Waals surface area contributed by atoms with Gasteiger partial charge in [-0.05, 0) is 72.6 Å². The third kappa shape index (κ3) is 4.35.